The van der Waals surface area contributed by atoms with Crippen molar-refractivity contribution in [2.45, 2.75) is 13.8 Å². The van der Waals surface area contributed by atoms with Crippen LogP contribution in [0.4, 0.5) is 0 Å². The zero-order chi connectivity index (χ0) is 18.3. The summed E-state index contributed by atoms with van der Waals surface area (Å²) in [6.07, 6.45) is 1.86. The monoisotopic (exact) mass is 337 g/mol. The van der Waals surface area contributed by atoms with E-state index >= 15 is 0 Å². The van der Waals surface area contributed by atoms with Gasteiger partial charge in [-0.05, 0) is 35.8 Å². The standard InChI is InChI=1S/C22H28N2O/c1-5-23(6-2)15-9-10-16-24(3,4)18-22(25)21-14-13-19-11-7-8-12-20(19)17-21/h7-8,11-14,17-18H,5-6,15-16H2,1-4H3/p+1/b22-18-. The number of nitrogens with zero attached hydrogens (tertiary/aromatic N) is 2. The van der Waals surface area contributed by atoms with Gasteiger partial charge >= 0.3 is 0 Å². The Morgan fingerprint density at radius 3 is 2.40 bits per heavy atom. The maximum atomic E-state index is 10.5. The van der Waals surface area contributed by atoms with Gasteiger partial charge in [-0.2, -0.15) is 0 Å². The molecule has 0 aliphatic rings. The van der Waals surface area contributed by atoms with Gasteiger partial charge in [-0.15, -0.1) is 0 Å². The second kappa shape index (κ2) is 8.71. The minimum Gasteiger partial charge on any atom is -0.503 e. The molecule has 0 bridgehead atoms. The van der Waals surface area contributed by atoms with Crippen LogP contribution in [-0.2, 0) is 0 Å². The molecule has 0 unspecified atom stereocenters. The number of fused-ring (bicyclic) bond motifs is 1. The zero-order valence-corrected chi connectivity index (χ0v) is 15.8. The van der Waals surface area contributed by atoms with Crippen LogP contribution in [0.25, 0.3) is 16.5 Å². The van der Waals surface area contributed by atoms with Gasteiger partial charge in [0.15, 0.2) is 5.76 Å². The predicted molar refractivity (Wildman–Crippen MR) is 107 cm³/mol. The topological polar surface area (TPSA) is 23.5 Å². The first kappa shape index (κ1) is 19.1. The molecule has 1 N–H and O–H groups in total. The number of hydrogen-bond acceptors (Lipinski definition) is 2. The molecule has 25 heavy (non-hydrogen) atoms. The first-order valence-corrected chi connectivity index (χ1v) is 8.87. The second-order valence-corrected chi connectivity index (χ2v) is 6.83. The number of quaternary nitrogens is 1. The lowest BCUT2D eigenvalue weighted by Crippen LogP contribution is -2.34. The lowest BCUT2D eigenvalue weighted by atomic mass is 10.1. The molecule has 132 valence electrons. The van der Waals surface area contributed by atoms with Gasteiger partial charge in [0.2, 0.25) is 0 Å². The average molecular weight is 337 g/mol. The van der Waals surface area contributed by atoms with Crippen LogP contribution in [0.15, 0.2) is 48.7 Å². The molecule has 2 aromatic carbocycles. The number of hydrogen-bond donors (Lipinski definition) is 1. The van der Waals surface area contributed by atoms with E-state index in [9.17, 15) is 5.11 Å². The van der Waals surface area contributed by atoms with Crippen molar-refractivity contribution in [2.75, 3.05) is 40.3 Å². The molecule has 0 amide bonds. The summed E-state index contributed by atoms with van der Waals surface area (Å²) < 4.78 is 0.518. The maximum Gasteiger partial charge on any atom is 0.176 e. The Balaban J connectivity index is 2.09. The van der Waals surface area contributed by atoms with Crippen molar-refractivity contribution in [1.29, 1.82) is 0 Å². The first-order chi connectivity index (χ1) is 11.9. The van der Waals surface area contributed by atoms with Gasteiger partial charge in [0.25, 0.3) is 0 Å². The number of benzene rings is 2. The molecule has 0 aliphatic heterocycles. The highest BCUT2D eigenvalue weighted by atomic mass is 16.3. The van der Waals surface area contributed by atoms with Gasteiger partial charge in [-0.1, -0.05) is 56.2 Å². The second-order valence-electron chi connectivity index (χ2n) is 6.83. The molecule has 0 atom stereocenters. The van der Waals surface area contributed by atoms with Gasteiger partial charge in [0.1, 0.15) is 12.7 Å². The van der Waals surface area contributed by atoms with Crippen molar-refractivity contribution in [3.8, 4) is 11.8 Å². The first-order valence-electron chi connectivity index (χ1n) is 8.87. The Labute approximate surface area is 151 Å². The number of aliphatic hydroxyl groups excluding tert-OH is 1. The highest BCUT2D eigenvalue weighted by molar-refractivity contribution is 5.85. The van der Waals surface area contributed by atoms with E-state index in [2.05, 4.69) is 42.7 Å². The van der Waals surface area contributed by atoms with Crippen molar-refractivity contribution < 1.29 is 9.59 Å². The Hall–Kier alpha value is -2.28. The molecule has 2 aromatic rings. The third kappa shape index (κ3) is 5.63. The van der Waals surface area contributed by atoms with Crippen molar-refractivity contribution in [3.05, 3.63) is 54.2 Å². The molecular formula is C22H29N2O+. The van der Waals surface area contributed by atoms with Crippen molar-refractivity contribution in [1.82, 2.24) is 4.90 Å². The molecule has 0 spiro atoms. The average Bonchev–Trinajstić information content (AvgIpc) is 2.61. The van der Waals surface area contributed by atoms with E-state index in [-0.39, 0.29) is 0 Å². The van der Waals surface area contributed by atoms with Crippen LogP contribution >= 0.6 is 0 Å². The molecule has 0 radical (unpaired) electrons. The maximum absolute atomic E-state index is 10.5. The lowest BCUT2D eigenvalue weighted by Gasteiger charge is -2.22. The largest absolute Gasteiger partial charge is 0.503 e. The number of aliphatic hydroxyl groups is 1. The van der Waals surface area contributed by atoms with Crippen molar-refractivity contribution in [3.63, 3.8) is 0 Å². The van der Waals surface area contributed by atoms with E-state index in [1.165, 1.54) is 5.39 Å². The van der Waals surface area contributed by atoms with Gasteiger partial charge in [0.05, 0.1) is 20.6 Å². The van der Waals surface area contributed by atoms with E-state index in [0.29, 0.717) is 16.8 Å². The summed E-state index contributed by atoms with van der Waals surface area (Å²) in [5.74, 6) is 6.76. The van der Waals surface area contributed by atoms with Crippen LogP contribution < -0.4 is 0 Å². The third-order valence-corrected chi connectivity index (χ3v) is 4.33. The number of rotatable bonds is 6. The summed E-state index contributed by atoms with van der Waals surface area (Å²) in [6.45, 7) is 7.80. The summed E-state index contributed by atoms with van der Waals surface area (Å²) in [5.41, 5.74) is 0.834. The Kier molecular flexibility index (Phi) is 6.64. The van der Waals surface area contributed by atoms with Gasteiger partial charge < -0.3 is 5.11 Å². The van der Waals surface area contributed by atoms with E-state index in [1.54, 1.807) is 0 Å². The normalized spacial score (nSPS) is 12.3. The quantitative estimate of drug-likeness (QED) is 0.487. The fraction of sp³-hybridized carbons (Fsp3) is 0.364. The highest BCUT2D eigenvalue weighted by Crippen LogP contribution is 2.20. The summed E-state index contributed by atoms with van der Waals surface area (Å²) >= 11 is 0. The molecule has 0 aliphatic carbocycles. The fourth-order valence-electron chi connectivity index (χ4n) is 2.67. The fourth-order valence-corrected chi connectivity index (χ4v) is 2.67. The molecule has 3 nitrogen and oxygen atoms in total. The predicted octanol–water partition coefficient (Wildman–Crippen LogP) is 4.12. The Morgan fingerprint density at radius 2 is 1.72 bits per heavy atom. The lowest BCUT2D eigenvalue weighted by molar-refractivity contribution is -0.830. The molecule has 0 fully saturated rings. The molecule has 0 saturated heterocycles. The van der Waals surface area contributed by atoms with Crippen LogP contribution in [0.1, 0.15) is 19.4 Å². The molecule has 0 saturated carbocycles. The molecule has 2 rings (SSSR count). The molecule has 0 heterocycles. The van der Waals surface area contributed by atoms with Crippen molar-refractivity contribution in [2.24, 2.45) is 0 Å². The van der Waals surface area contributed by atoms with Gasteiger partial charge in [0, 0.05) is 5.56 Å². The zero-order valence-electron chi connectivity index (χ0n) is 15.8. The van der Waals surface area contributed by atoms with Crippen LogP contribution in [0.3, 0.4) is 0 Å². The van der Waals surface area contributed by atoms with Crippen molar-refractivity contribution >= 4 is 16.5 Å². The van der Waals surface area contributed by atoms with Crippen LogP contribution in [0.2, 0.25) is 0 Å². The van der Waals surface area contributed by atoms with Crippen LogP contribution in [0.5, 0.6) is 0 Å². The summed E-state index contributed by atoms with van der Waals surface area (Å²) in [5, 5.41) is 12.8. The summed E-state index contributed by atoms with van der Waals surface area (Å²) in [6, 6.07) is 14.2. The van der Waals surface area contributed by atoms with E-state index < -0.39 is 0 Å². The van der Waals surface area contributed by atoms with Gasteiger partial charge in [-0.25, -0.2) is 0 Å². The Morgan fingerprint density at radius 1 is 1.04 bits per heavy atom. The molecule has 0 aromatic heterocycles. The SMILES string of the molecule is CCN(CC)CC#CC[N+](C)(C)/C=C(\O)c1ccc2ccccc2c1. The molecule has 3 heteroatoms. The van der Waals surface area contributed by atoms with E-state index in [4.69, 9.17) is 0 Å². The van der Waals surface area contributed by atoms with Gasteiger partial charge in [-0.3, -0.25) is 9.38 Å². The van der Waals surface area contributed by atoms with E-state index in [1.807, 2.05) is 50.6 Å². The third-order valence-electron chi connectivity index (χ3n) is 4.33. The Bertz CT molecular complexity index is 792. The highest BCUT2D eigenvalue weighted by Gasteiger charge is 2.13. The summed E-state index contributed by atoms with van der Waals surface area (Å²) in [7, 11) is 4.09. The van der Waals surface area contributed by atoms with Crippen LogP contribution in [0, 0.1) is 11.8 Å². The molecular weight excluding hydrogens is 308 g/mol. The minimum absolute atomic E-state index is 0.293. The summed E-state index contributed by atoms with van der Waals surface area (Å²) in [4.78, 5) is 2.29. The minimum atomic E-state index is 0.293. The smallest absolute Gasteiger partial charge is 0.176 e. The van der Waals surface area contributed by atoms with Crippen LogP contribution in [-0.4, -0.2) is 54.8 Å². The van der Waals surface area contributed by atoms with E-state index in [0.717, 1.165) is 30.6 Å².